The van der Waals surface area contributed by atoms with Crippen molar-refractivity contribution >= 4 is 11.8 Å². The Balaban J connectivity index is 1.66. The Kier molecular flexibility index (Phi) is 7.01. The van der Waals surface area contributed by atoms with Gasteiger partial charge in [0.25, 0.3) is 5.91 Å². The molecule has 0 saturated carbocycles. The first-order valence-electron chi connectivity index (χ1n) is 10.5. The average molecular weight is 398 g/mol. The quantitative estimate of drug-likeness (QED) is 0.752. The van der Waals surface area contributed by atoms with Crippen LogP contribution < -0.4 is 10.6 Å². The lowest BCUT2D eigenvalue weighted by atomic mass is 10.0. The number of aromatic nitrogens is 3. The molecule has 1 aromatic carbocycles. The van der Waals surface area contributed by atoms with Crippen molar-refractivity contribution in [3.05, 3.63) is 47.0 Å². The van der Waals surface area contributed by atoms with Gasteiger partial charge in [-0.15, -0.1) is 10.2 Å². The molecule has 7 nitrogen and oxygen atoms in total. The minimum atomic E-state index is -0.589. The van der Waals surface area contributed by atoms with E-state index in [0.717, 1.165) is 43.0 Å². The molecule has 0 fully saturated rings. The zero-order chi connectivity index (χ0) is 20.8. The molecule has 3 rings (SSSR count). The van der Waals surface area contributed by atoms with Crippen LogP contribution in [0.2, 0.25) is 0 Å². The van der Waals surface area contributed by atoms with Crippen LogP contribution in [-0.2, 0) is 24.3 Å². The van der Waals surface area contributed by atoms with Gasteiger partial charge in [0, 0.05) is 18.5 Å². The maximum absolute atomic E-state index is 12.9. The molecule has 0 unspecified atom stereocenters. The molecule has 156 valence electrons. The van der Waals surface area contributed by atoms with Gasteiger partial charge < -0.3 is 15.2 Å². The molecule has 29 heavy (non-hydrogen) atoms. The first kappa shape index (κ1) is 21.0. The Hall–Kier alpha value is -2.70. The first-order chi connectivity index (χ1) is 14.0. The Morgan fingerprint density at radius 1 is 1.14 bits per heavy atom. The van der Waals surface area contributed by atoms with Gasteiger partial charge in [0.05, 0.1) is 6.54 Å². The maximum Gasteiger partial charge on any atom is 0.252 e. The second kappa shape index (κ2) is 9.67. The molecule has 2 amide bonds. The lowest BCUT2D eigenvalue weighted by molar-refractivity contribution is -0.123. The van der Waals surface area contributed by atoms with E-state index in [4.69, 9.17) is 0 Å². The molecule has 0 spiro atoms. The van der Waals surface area contributed by atoms with Crippen LogP contribution in [0.1, 0.15) is 67.1 Å². The van der Waals surface area contributed by atoms with Gasteiger partial charge in [0.15, 0.2) is 5.82 Å². The highest BCUT2D eigenvalue weighted by atomic mass is 16.2. The monoisotopic (exact) mass is 397 g/mol. The van der Waals surface area contributed by atoms with E-state index < -0.39 is 6.04 Å². The molecule has 1 aliphatic heterocycles. The standard InChI is InChI=1S/C22H31N5O2/c1-15(2)13-18(24-21(28)17-10-7-6-9-16(17)3)22(29)23-14-20-26-25-19-11-5-4-8-12-27(19)20/h6-7,9-10,15,18H,4-5,8,11-14H2,1-3H3,(H,23,29)(H,24,28)/t18-/m1/s1. The zero-order valence-electron chi connectivity index (χ0n) is 17.6. The van der Waals surface area contributed by atoms with E-state index in [-0.39, 0.29) is 17.7 Å². The van der Waals surface area contributed by atoms with E-state index in [9.17, 15) is 9.59 Å². The van der Waals surface area contributed by atoms with Gasteiger partial charge in [-0.3, -0.25) is 9.59 Å². The summed E-state index contributed by atoms with van der Waals surface area (Å²) in [5.41, 5.74) is 1.48. The van der Waals surface area contributed by atoms with E-state index in [1.165, 1.54) is 6.42 Å². The fraction of sp³-hybridized carbons (Fsp3) is 0.545. The molecule has 1 aliphatic rings. The predicted molar refractivity (Wildman–Crippen MR) is 111 cm³/mol. The fourth-order valence-electron chi connectivity index (χ4n) is 3.73. The van der Waals surface area contributed by atoms with Crippen molar-refractivity contribution in [3.8, 4) is 0 Å². The molecule has 0 bridgehead atoms. The second-order valence-corrected chi connectivity index (χ2v) is 8.18. The number of carbonyl (C=O) groups is 2. The summed E-state index contributed by atoms with van der Waals surface area (Å²) in [5.74, 6) is 1.64. The van der Waals surface area contributed by atoms with Gasteiger partial charge in [-0.2, -0.15) is 0 Å². The summed E-state index contributed by atoms with van der Waals surface area (Å²) in [6.45, 7) is 7.19. The summed E-state index contributed by atoms with van der Waals surface area (Å²) < 4.78 is 2.12. The second-order valence-electron chi connectivity index (χ2n) is 8.18. The number of carbonyl (C=O) groups excluding carboxylic acids is 2. The van der Waals surface area contributed by atoms with Gasteiger partial charge in [-0.05, 0) is 43.7 Å². The summed E-state index contributed by atoms with van der Waals surface area (Å²) in [5, 5.41) is 14.4. The molecule has 2 aromatic rings. The maximum atomic E-state index is 12.9. The van der Waals surface area contributed by atoms with Gasteiger partial charge in [0.2, 0.25) is 5.91 Å². The van der Waals surface area contributed by atoms with Crippen molar-refractivity contribution in [3.63, 3.8) is 0 Å². The van der Waals surface area contributed by atoms with Crippen molar-refractivity contribution < 1.29 is 9.59 Å². The third-order valence-electron chi connectivity index (χ3n) is 5.33. The van der Waals surface area contributed by atoms with Crippen LogP contribution >= 0.6 is 0 Å². The number of fused-ring (bicyclic) bond motifs is 1. The number of nitrogens with one attached hydrogen (secondary N) is 2. The zero-order valence-corrected chi connectivity index (χ0v) is 17.6. The largest absolute Gasteiger partial charge is 0.347 e. The van der Waals surface area contributed by atoms with Crippen LogP contribution in [-0.4, -0.2) is 32.6 Å². The van der Waals surface area contributed by atoms with E-state index >= 15 is 0 Å². The first-order valence-corrected chi connectivity index (χ1v) is 10.5. The van der Waals surface area contributed by atoms with E-state index in [0.29, 0.717) is 18.5 Å². The highest BCUT2D eigenvalue weighted by Gasteiger charge is 2.24. The summed E-state index contributed by atoms with van der Waals surface area (Å²) in [6.07, 6.45) is 4.93. The van der Waals surface area contributed by atoms with E-state index in [1.54, 1.807) is 6.07 Å². The van der Waals surface area contributed by atoms with Crippen molar-refractivity contribution in [1.29, 1.82) is 0 Å². The Bertz CT molecular complexity index is 859. The summed E-state index contributed by atoms with van der Waals surface area (Å²) >= 11 is 0. The highest BCUT2D eigenvalue weighted by Crippen LogP contribution is 2.15. The average Bonchev–Trinajstić information content (AvgIpc) is 2.91. The Labute approximate surface area is 172 Å². The van der Waals surface area contributed by atoms with Crippen LogP contribution in [0.5, 0.6) is 0 Å². The molecule has 7 heteroatoms. The third-order valence-corrected chi connectivity index (χ3v) is 5.33. The van der Waals surface area contributed by atoms with E-state index in [2.05, 4.69) is 25.4 Å². The molecule has 0 aliphatic carbocycles. The van der Waals surface area contributed by atoms with Crippen LogP contribution in [0.4, 0.5) is 0 Å². The minimum Gasteiger partial charge on any atom is -0.347 e. The molecule has 0 saturated heterocycles. The highest BCUT2D eigenvalue weighted by molar-refractivity contribution is 5.98. The normalized spacial score (nSPS) is 14.8. The lowest BCUT2D eigenvalue weighted by Gasteiger charge is -2.20. The third kappa shape index (κ3) is 5.43. The number of aryl methyl sites for hydroxylation is 2. The number of nitrogens with zero attached hydrogens (tertiary/aromatic N) is 3. The van der Waals surface area contributed by atoms with Gasteiger partial charge >= 0.3 is 0 Å². The van der Waals surface area contributed by atoms with Crippen molar-refractivity contribution in [2.75, 3.05) is 0 Å². The Morgan fingerprint density at radius 3 is 2.69 bits per heavy atom. The molecule has 2 N–H and O–H groups in total. The van der Waals surface area contributed by atoms with E-state index in [1.807, 2.05) is 39.0 Å². The number of hydrogen-bond acceptors (Lipinski definition) is 4. The smallest absolute Gasteiger partial charge is 0.252 e. The number of hydrogen-bond donors (Lipinski definition) is 2. The molecule has 2 heterocycles. The lowest BCUT2D eigenvalue weighted by Crippen LogP contribution is -2.47. The number of benzene rings is 1. The van der Waals surface area contributed by atoms with Crippen LogP contribution in [0.25, 0.3) is 0 Å². The molecular formula is C22H31N5O2. The molecular weight excluding hydrogens is 366 g/mol. The summed E-state index contributed by atoms with van der Waals surface area (Å²) in [7, 11) is 0. The number of amides is 2. The van der Waals surface area contributed by atoms with Gasteiger partial charge in [-0.1, -0.05) is 38.5 Å². The van der Waals surface area contributed by atoms with Crippen LogP contribution in [0.3, 0.4) is 0 Å². The van der Waals surface area contributed by atoms with Crippen molar-refractivity contribution in [1.82, 2.24) is 25.4 Å². The SMILES string of the molecule is Cc1ccccc1C(=O)N[C@H](CC(C)C)C(=O)NCc1nnc2n1CCCCC2. The topological polar surface area (TPSA) is 88.9 Å². The van der Waals surface area contributed by atoms with Gasteiger partial charge in [-0.25, -0.2) is 0 Å². The fourth-order valence-corrected chi connectivity index (χ4v) is 3.73. The van der Waals surface area contributed by atoms with Crippen LogP contribution in [0.15, 0.2) is 24.3 Å². The molecule has 0 radical (unpaired) electrons. The predicted octanol–water partition coefficient (Wildman–Crippen LogP) is 2.77. The summed E-state index contributed by atoms with van der Waals surface area (Å²) in [6, 6.07) is 6.81. The van der Waals surface area contributed by atoms with Crippen LogP contribution in [0, 0.1) is 12.8 Å². The van der Waals surface area contributed by atoms with Crippen molar-refractivity contribution in [2.24, 2.45) is 5.92 Å². The minimum absolute atomic E-state index is 0.188. The molecule has 1 aromatic heterocycles. The Morgan fingerprint density at radius 2 is 1.93 bits per heavy atom. The van der Waals surface area contributed by atoms with Crippen molar-refractivity contribution in [2.45, 2.75) is 72.0 Å². The molecule has 1 atom stereocenters. The van der Waals surface area contributed by atoms with Gasteiger partial charge in [0.1, 0.15) is 11.9 Å². The summed E-state index contributed by atoms with van der Waals surface area (Å²) in [4.78, 5) is 25.6. The number of rotatable bonds is 7.